The predicted octanol–water partition coefficient (Wildman–Crippen LogP) is 1.60. The summed E-state index contributed by atoms with van der Waals surface area (Å²) in [6.45, 7) is 2.61. The summed E-state index contributed by atoms with van der Waals surface area (Å²) < 4.78 is 27.1. The molecule has 0 N–H and O–H groups in total. The van der Waals surface area contributed by atoms with Gasteiger partial charge in [-0.25, -0.2) is 18.4 Å². The molecule has 6 nitrogen and oxygen atoms in total. The van der Waals surface area contributed by atoms with E-state index in [-0.39, 0.29) is 0 Å². The summed E-state index contributed by atoms with van der Waals surface area (Å²) in [4.78, 5) is 11.2. The molecule has 0 spiro atoms. The second-order valence-corrected chi connectivity index (χ2v) is 7.75. The molecule has 1 aromatic heterocycles. The van der Waals surface area contributed by atoms with E-state index in [1.165, 1.54) is 4.31 Å². The zero-order chi connectivity index (χ0) is 16.6. The molecule has 1 aliphatic heterocycles. The highest BCUT2D eigenvalue weighted by atomic mass is 32.2. The normalized spacial score (nSPS) is 15.3. The third-order valence-electron chi connectivity index (χ3n) is 3.92. The van der Waals surface area contributed by atoms with Gasteiger partial charge in [0, 0.05) is 39.2 Å². The average molecular weight is 332 g/mol. The average Bonchev–Trinajstić information content (AvgIpc) is 2.54. The molecule has 122 valence electrons. The molecule has 0 amide bonds. The number of hydrogen-bond donors (Lipinski definition) is 0. The van der Waals surface area contributed by atoms with Gasteiger partial charge in [0.25, 0.3) is 0 Å². The molecule has 1 aliphatic rings. The van der Waals surface area contributed by atoms with Gasteiger partial charge < -0.3 is 4.90 Å². The number of sulfonamides is 1. The van der Waals surface area contributed by atoms with Gasteiger partial charge in [0.1, 0.15) is 11.6 Å². The van der Waals surface area contributed by atoms with Gasteiger partial charge >= 0.3 is 0 Å². The van der Waals surface area contributed by atoms with Crippen molar-refractivity contribution in [2.45, 2.75) is 24.8 Å². The molecule has 23 heavy (non-hydrogen) atoms. The Morgan fingerprint density at radius 1 is 1.13 bits per heavy atom. The second-order valence-electron chi connectivity index (χ2n) is 5.82. The molecular formula is C16H20N4O2S. The lowest BCUT2D eigenvalue weighted by atomic mass is 10.1. The van der Waals surface area contributed by atoms with Crippen LogP contribution in [-0.4, -0.2) is 43.3 Å². The van der Waals surface area contributed by atoms with Crippen LogP contribution in [0.1, 0.15) is 17.1 Å². The van der Waals surface area contributed by atoms with Crippen molar-refractivity contribution >= 4 is 15.8 Å². The van der Waals surface area contributed by atoms with Crippen molar-refractivity contribution in [1.29, 1.82) is 0 Å². The van der Waals surface area contributed by atoms with Gasteiger partial charge in [0.15, 0.2) is 0 Å². The summed E-state index contributed by atoms with van der Waals surface area (Å²) >= 11 is 0. The van der Waals surface area contributed by atoms with Crippen LogP contribution < -0.4 is 4.90 Å². The van der Waals surface area contributed by atoms with Crippen LogP contribution in [0.2, 0.25) is 0 Å². The number of aromatic nitrogens is 2. The summed E-state index contributed by atoms with van der Waals surface area (Å²) in [5.41, 5.74) is 1.84. The second kappa shape index (κ2) is 5.90. The Morgan fingerprint density at radius 2 is 1.83 bits per heavy atom. The molecule has 3 rings (SSSR count). The van der Waals surface area contributed by atoms with Crippen LogP contribution in [0.25, 0.3) is 0 Å². The molecule has 0 saturated carbocycles. The maximum Gasteiger partial charge on any atom is 0.243 e. The van der Waals surface area contributed by atoms with Gasteiger partial charge in [-0.05, 0) is 19.1 Å². The van der Waals surface area contributed by atoms with Crippen LogP contribution in [0.15, 0.2) is 35.2 Å². The standard InChI is InChI=1S/C16H20N4O2S/c1-12-17-15-9-10-20(11-14(15)16(18-12)19(2)3)23(21,22)13-7-5-4-6-8-13/h4-8H,9-11H2,1-3H3. The van der Waals surface area contributed by atoms with E-state index in [9.17, 15) is 8.42 Å². The molecule has 0 aliphatic carbocycles. The first kappa shape index (κ1) is 15.9. The van der Waals surface area contributed by atoms with Gasteiger partial charge in [-0.3, -0.25) is 0 Å². The molecule has 0 radical (unpaired) electrons. The van der Waals surface area contributed by atoms with Crippen LogP contribution >= 0.6 is 0 Å². The molecule has 7 heteroatoms. The number of nitrogens with zero attached hydrogens (tertiary/aromatic N) is 4. The molecule has 2 aromatic rings. The monoisotopic (exact) mass is 332 g/mol. The summed E-state index contributed by atoms with van der Waals surface area (Å²) in [6.07, 6.45) is 0.603. The third-order valence-corrected chi connectivity index (χ3v) is 5.78. The van der Waals surface area contributed by atoms with E-state index in [0.717, 1.165) is 17.1 Å². The highest BCUT2D eigenvalue weighted by Gasteiger charge is 2.31. The predicted molar refractivity (Wildman–Crippen MR) is 88.8 cm³/mol. The lowest BCUT2D eigenvalue weighted by Crippen LogP contribution is -2.37. The van der Waals surface area contributed by atoms with E-state index in [1.807, 2.05) is 32.0 Å². The fourth-order valence-corrected chi connectivity index (χ4v) is 4.24. The lowest BCUT2D eigenvalue weighted by molar-refractivity contribution is 0.386. The number of hydrogen-bond acceptors (Lipinski definition) is 5. The van der Waals surface area contributed by atoms with Crippen molar-refractivity contribution in [3.8, 4) is 0 Å². The molecular weight excluding hydrogens is 312 g/mol. The number of fused-ring (bicyclic) bond motifs is 1. The molecule has 0 atom stereocenters. The fourth-order valence-electron chi connectivity index (χ4n) is 2.81. The molecule has 0 bridgehead atoms. The van der Waals surface area contributed by atoms with E-state index in [1.54, 1.807) is 24.3 Å². The Hall–Kier alpha value is -1.99. The maximum atomic E-state index is 12.8. The van der Waals surface area contributed by atoms with Gasteiger partial charge in [0.05, 0.1) is 10.6 Å². The topological polar surface area (TPSA) is 66.4 Å². The zero-order valence-electron chi connectivity index (χ0n) is 13.5. The van der Waals surface area contributed by atoms with Crippen molar-refractivity contribution in [3.63, 3.8) is 0 Å². The number of anilines is 1. The van der Waals surface area contributed by atoms with Crippen LogP contribution in [0.4, 0.5) is 5.82 Å². The van der Waals surface area contributed by atoms with Crippen molar-refractivity contribution in [2.24, 2.45) is 0 Å². The number of benzene rings is 1. The van der Waals surface area contributed by atoms with Gasteiger partial charge in [-0.1, -0.05) is 18.2 Å². The summed E-state index contributed by atoms with van der Waals surface area (Å²) in [6, 6.07) is 8.54. The van der Waals surface area contributed by atoms with E-state index in [4.69, 9.17) is 0 Å². The lowest BCUT2D eigenvalue weighted by Gasteiger charge is -2.30. The van der Waals surface area contributed by atoms with Gasteiger partial charge in [0.2, 0.25) is 10.0 Å². The Bertz CT molecular complexity index is 819. The molecule has 1 aromatic carbocycles. The van der Waals surface area contributed by atoms with Crippen molar-refractivity contribution < 1.29 is 8.42 Å². The van der Waals surface area contributed by atoms with Crippen molar-refractivity contribution in [2.75, 3.05) is 25.5 Å². The highest BCUT2D eigenvalue weighted by Crippen LogP contribution is 2.28. The van der Waals surface area contributed by atoms with E-state index in [0.29, 0.717) is 30.2 Å². The third kappa shape index (κ3) is 2.94. The van der Waals surface area contributed by atoms with Crippen molar-refractivity contribution in [3.05, 3.63) is 47.4 Å². The highest BCUT2D eigenvalue weighted by molar-refractivity contribution is 7.89. The van der Waals surface area contributed by atoms with E-state index in [2.05, 4.69) is 9.97 Å². The van der Waals surface area contributed by atoms with Crippen LogP contribution in [0, 0.1) is 6.92 Å². The molecule has 0 fully saturated rings. The first-order valence-corrected chi connectivity index (χ1v) is 8.92. The number of rotatable bonds is 3. The molecule has 0 unspecified atom stereocenters. The minimum absolute atomic E-state index is 0.306. The smallest absolute Gasteiger partial charge is 0.243 e. The van der Waals surface area contributed by atoms with Gasteiger partial charge in [-0.15, -0.1) is 0 Å². The maximum absolute atomic E-state index is 12.8. The SMILES string of the molecule is Cc1nc2c(c(N(C)C)n1)CN(S(=O)(=O)c1ccccc1)CC2. The van der Waals surface area contributed by atoms with Crippen molar-refractivity contribution in [1.82, 2.24) is 14.3 Å². The van der Waals surface area contributed by atoms with Crippen LogP contribution in [0.5, 0.6) is 0 Å². The first-order chi connectivity index (χ1) is 10.9. The van der Waals surface area contributed by atoms with E-state index >= 15 is 0 Å². The summed E-state index contributed by atoms with van der Waals surface area (Å²) in [7, 11) is 0.321. The Morgan fingerprint density at radius 3 is 2.48 bits per heavy atom. The van der Waals surface area contributed by atoms with Crippen LogP contribution in [0.3, 0.4) is 0 Å². The summed E-state index contributed by atoms with van der Waals surface area (Å²) in [5.74, 6) is 1.51. The minimum Gasteiger partial charge on any atom is -0.362 e. The first-order valence-electron chi connectivity index (χ1n) is 7.48. The Balaban J connectivity index is 2.00. The summed E-state index contributed by atoms with van der Waals surface area (Å²) in [5, 5.41) is 0. The zero-order valence-corrected chi connectivity index (χ0v) is 14.3. The van der Waals surface area contributed by atoms with E-state index < -0.39 is 10.0 Å². The van der Waals surface area contributed by atoms with Gasteiger partial charge in [-0.2, -0.15) is 4.31 Å². The Kier molecular flexibility index (Phi) is 4.08. The molecule has 0 saturated heterocycles. The number of aryl methyl sites for hydroxylation is 1. The quantitative estimate of drug-likeness (QED) is 0.854. The fraction of sp³-hybridized carbons (Fsp3) is 0.375. The van der Waals surface area contributed by atoms with Crippen LogP contribution in [-0.2, 0) is 23.0 Å². The largest absolute Gasteiger partial charge is 0.362 e. The molecule has 2 heterocycles. The Labute approximate surface area is 136 Å². The minimum atomic E-state index is -3.50.